The van der Waals surface area contributed by atoms with Gasteiger partial charge in [-0.2, -0.15) is 0 Å². The minimum atomic E-state index is -0.543. The van der Waals surface area contributed by atoms with E-state index in [1.807, 2.05) is 51.7 Å². The minimum absolute atomic E-state index is 0.0250. The van der Waals surface area contributed by atoms with Gasteiger partial charge >= 0.3 is 0 Å². The average molecular weight is 360 g/mol. The molecule has 2 rings (SSSR count). The zero-order chi connectivity index (χ0) is 19.5. The lowest BCUT2D eigenvalue weighted by atomic mass is 9.94. The summed E-state index contributed by atoms with van der Waals surface area (Å²) in [4.78, 5) is 31.8. The molecule has 5 heteroatoms. The van der Waals surface area contributed by atoms with Gasteiger partial charge in [0.25, 0.3) is 0 Å². The SMILES string of the molecule is CCN1CCN(C(=O)CN(C(=O)C(C)(C)C)c2cc(C)cc(C)c2)CC1. The van der Waals surface area contributed by atoms with Crippen molar-refractivity contribution in [3.05, 3.63) is 29.3 Å². The molecule has 1 saturated heterocycles. The highest BCUT2D eigenvalue weighted by molar-refractivity contribution is 6.01. The first-order valence-corrected chi connectivity index (χ1v) is 9.52. The third kappa shape index (κ3) is 5.07. The van der Waals surface area contributed by atoms with Crippen molar-refractivity contribution >= 4 is 17.5 Å². The molecule has 2 amide bonds. The van der Waals surface area contributed by atoms with Crippen molar-refractivity contribution in [1.29, 1.82) is 0 Å². The van der Waals surface area contributed by atoms with Crippen LogP contribution < -0.4 is 4.90 Å². The summed E-state index contributed by atoms with van der Waals surface area (Å²) in [6.07, 6.45) is 0. The van der Waals surface area contributed by atoms with Crippen molar-refractivity contribution in [2.45, 2.75) is 41.5 Å². The third-order valence-corrected chi connectivity index (χ3v) is 4.87. The minimum Gasteiger partial charge on any atom is -0.339 e. The molecule has 5 nitrogen and oxygen atoms in total. The van der Waals surface area contributed by atoms with E-state index in [2.05, 4.69) is 17.9 Å². The molecule has 1 aliphatic heterocycles. The van der Waals surface area contributed by atoms with Gasteiger partial charge < -0.3 is 14.7 Å². The number of carbonyl (C=O) groups excluding carboxylic acids is 2. The number of rotatable bonds is 4. The van der Waals surface area contributed by atoms with Gasteiger partial charge in [-0.3, -0.25) is 9.59 Å². The molecule has 0 aliphatic carbocycles. The van der Waals surface area contributed by atoms with E-state index >= 15 is 0 Å². The van der Waals surface area contributed by atoms with E-state index in [1.54, 1.807) is 4.90 Å². The van der Waals surface area contributed by atoms with Crippen LogP contribution in [-0.2, 0) is 9.59 Å². The molecule has 0 aromatic heterocycles. The van der Waals surface area contributed by atoms with Gasteiger partial charge in [0.1, 0.15) is 6.54 Å². The first-order valence-electron chi connectivity index (χ1n) is 9.52. The molecule has 0 N–H and O–H groups in total. The standard InChI is InChI=1S/C21H33N3O2/c1-7-22-8-10-23(11-9-22)19(25)15-24(20(26)21(4,5)6)18-13-16(2)12-17(3)14-18/h12-14H,7-11,15H2,1-6H3. The summed E-state index contributed by atoms with van der Waals surface area (Å²) in [5.74, 6) is 0.000515. The van der Waals surface area contributed by atoms with Gasteiger partial charge in [-0.1, -0.05) is 33.8 Å². The Bertz CT molecular complexity index is 635. The quantitative estimate of drug-likeness (QED) is 0.830. The van der Waals surface area contributed by atoms with Crippen LogP contribution in [-0.4, -0.2) is 60.9 Å². The molecule has 1 heterocycles. The Labute approximate surface area is 158 Å². The molecule has 0 atom stereocenters. The Kier molecular flexibility index (Phi) is 6.45. The van der Waals surface area contributed by atoms with Crippen LogP contribution in [0.3, 0.4) is 0 Å². The van der Waals surface area contributed by atoms with Crippen LogP contribution in [0, 0.1) is 19.3 Å². The van der Waals surface area contributed by atoms with Gasteiger partial charge in [0.2, 0.25) is 11.8 Å². The predicted molar refractivity (Wildman–Crippen MR) is 106 cm³/mol. The number of nitrogens with zero attached hydrogens (tertiary/aromatic N) is 3. The number of hydrogen-bond acceptors (Lipinski definition) is 3. The molecule has 144 valence electrons. The number of anilines is 1. The van der Waals surface area contributed by atoms with Crippen LogP contribution in [0.5, 0.6) is 0 Å². The summed E-state index contributed by atoms with van der Waals surface area (Å²) in [6, 6.07) is 6.05. The molecule has 0 spiro atoms. The van der Waals surface area contributed by atoms with Gasteiger partial charge in [0.15, 0.2) is 0 Å². The highest BCUT2D eigenvalue weighted by Crippen LogP contribution is 2.25. The lowest BCUT2D eigenvalue weighted by Gasteiger charge is -2.36. The molecule has 0 bridgehead atoms. The second-order valence-electron chi connectivity index (χ2n) is 8.30. The van der Waals surface area contributed by atoms with Crippen LogP contribution in [0.1, 0.15) is 38.8 Å². The zero-order valence-electron chi connectivity index (χ0n) is 17.1. The summed E-state index contributed by atoms with van der Waals surface area (Å²) in [5, 5.41) is 0. The largest absolute Gasteiger partial charge is 0.339 e. The van der Waals surface area contributed by atoms with E-state index in [9.17, 15) is 9.59 Å². The third-order valence-electron chi connectivity index (χ3n) is 4.87. The fourth-order valence-electron chi connectivity index (χ4n) is 3.34. The Hall–Kier alpha value is -1.88. The maximum absolute atomic E-state index is 13.1. The number of benzene rings is 1. The number of piperazine rings is 1. The van der Waals surface area contributed by atoms with Crippen molar-refractivity contribution in [1.82, 2.24) is 9.80 Å². The molecule has 0 radical (unpaired) electrons. The normalized spacial score (nSPS) is 15.8. The highest BCUT2D eigenvalue weighted by atomic mass is 16.2. The average Bonchev–Trinajstić information content (AvgIpc) is 2.57. The van der Waals surface area contributed by atoms with E-state index < -0.39 is 5.41 Å². The highest BCUT2D eigenvalue weighted by Gasteiger charge is 2.31. The van der Waals surface area contributed by atoms with Crippen LogP contribution in [0.15, 0.2) is 18.2 Å². The summed E-state index contributed by atoms with van der Waals surface area (Å²) >= 11 is 0. The fourth-order valence-corrected chi connectivity index (χ4v) is 3.34. The Morgan fingerprint density at radius 3 is 2.00 bits per heavy atom. The molecular weight excluding hydrogens is 326 g/mol. The lowest BCUT2D eigenvalue weighted by molar-refractivity contribution is -0.134. The van der Waals surface area contributed by atoms with Crippen molar-refractivity contribution in [3.8, 4) is 0 Å². The maximum atomic E-state index is 13.1. The Balaban J connectivity index is 2.22. The summed E-state index contributed by atoms with van der Waals surface area (Å²) < 4.78 is 0. The second kappa shape index (κ2) is 8.21. The van der Waals surface area contributed by atoms with Gasteiger partial charge in [-0.25, -0.2) is 0 Å². The number of aryl methyl sites for hydroxylation is 2. The maximum Gasteiger partial charge on any atom is 0.242 e. The lowest BCUT2D eigenvalue weighted by Crippen LogP contribution is -2.52. The first kappa shape index (κ1) is 20.4. The summed E-state index contributed by atoms with van der Waals surface area (Å²) in [6.45, 7) is 16.3. The molecule has 26 heavy (non-hydrogen) atoms. The van der Waals surface area contributed by atoms with E-state index in [0.717, 1.165) is 49.5 Å². The second-order valence-corrected chi connectivity index (χ2v) is 8.30. The molecule has 1 aliphatic rings. The molecule has 1 aromatic carbocycles. The number of hydrogen-bond donors (Lipinski definition) is 0. The van der Waals surface area contributed by atoms with Gasteiger partial charge in [-0.15, -0.1) is 0 Å². The Morgan fingerprint density at radius 2 is 1.54 bits per heavy atom. The molecule has 1 aromatic rings. The molecular formula is C21H33N3O2. The Morgan fingerprint density at radius 1 is 1.00 bits per heavy atom. The topological polar surface area (TPSA) is 43.9 Å². The van der Waals surface area contributed by atoms with E-state index in [0.29, 0.717) is 0 Å². The van der Waals surface area contributed by atoms with E-state index in [1.165, 1.54) is 0 Å². The van der Waals surface area contributed by atoms with Crippen molar-refractivity contribution in [2.75, 3.05) is 44.2 Å². The van der Waals surface area contributed by atoms with Gasteiger partial charge in [-0.05, 0) is 43.7 Å². The van der Waals surface area contributed by atoms with E-state index in [4.69, 9.17) is 0 Å². The fraction of sp³-hybridized carbons (Fsp3) is 0.619. The van der Waals surface area contributed by atoms with Crippen molar-refractivity contribution < 1.29 is 9.59 Å². The van der Waals surface area contributed by atoms with Crippen LogP contribution in [0.2, 0.25) is 0 Å². The van der Waals surface area contributed by atoms with Crippen molar-refractivity contribution in [2.24, 2.45) is 5.41 Å². The summed E-state index contributed by atoms with van der Waals surface area (Å²) in [5.41, 5.74) is 2.45. The van der Waals surface area contributed by atoms with Crippen molar-refractivity contribution in [3.63, 3.8) is 0 Å². The van der Waals surface area contributed by atoms with Crippen LogP contribution >= 0.6 is 0 Å². The van der Waals surface area contributed by atoms with Gasteiger partial charge in [0.05, 0.1) is 0 Å². The van der Waals surface area contributed by atoms with Crippen LogP contribution in [0.4, 0.5) is 5.69 Å². The van der Waals surface area contributed by atoms with Crippen LogP contribution in [0.25, 0.3) is 0 Å². The monoisotopic (exact) mass is 359 g/mol. The van der Waals surface area contributed by atoms with Gasteiger partial charge in [0, 0.05) is 37.3 Å². The molecule has 0 unspecified atom stereocenters. The zero-order valence-corrected chi connectivity index (χ0v) is 17.1. The summed E-state index contributed by atoms with van der Waals surface area (Å²) in [7, 11) is 0. The number of likely N-dealkylation sites (N-methyl/N-ethyl adjacent to an activating group) is 1. The first-order chi connectivity index (χ1) is 12.1. The number of amides is 2. The predicted octanol–water partition coefficient (Wildman–Crippen LogP) is 2.85. The van der Waals surface area contributed by atoms with E-state index in [-0.39, 0.29) is 18.4 Å². The number of carbonyl (C=O) groups is 2. The molecule has 1 fully saturated rings. The smallest absolute Gasteiger partial charge is 0.242 e. The molecule has 0 saturated carbocycles.